The molecule has 2 unspecified atom stereocenters. The number of aryl methyl sites for hydroxylation is 1. The van der Waals surface area contributed by atoms with Crippen LogP contribution in [0, 0.1) is 24.2 Å². The topological polar surface area (TPSA) is 110 Å². The van der Waals surface area contributed by atoms with Crippen LogP contribution >= 0.6 is 8.53 Å². The standard InChI is InChI=1S/C19H31N4O5P/c1-12(2)23(13(3)4)29(27-9-7-8-20)28-16-15(6)11-26-18(16)22-10-14(5)17(24)21-19(22)25/h10,12-13,15-16,18H,7,9,11H2,1-6H3,(H,21,24,25)/t15?,16-,18+,29?/m0/s1. The van der Waals surface area contributed by atoms with Gasteiger partial charge in [0.1, 0.15) is 6.10 Å². The lowest BCUT2D eigenvalue weighted by Gasteiger charge is -2.38. The summed E-state index contributed by atoms with van der Waals surface area (Å²) in [5.74, 6) is 0.0184. The van der Waals surface area contributed by atoms with Crippen molar-refractivity contribution >= 4 is 8.53 Å². The van der Waals surface area contributed by atoms with Gasteiger partial charge in [-0.1, -0.05) is 6.92 Å². The van der Waals surface area contributed by atoms with Gasteiger partial charge in [-0.05, 0) is 34.6 Å². The molecule has 2 rings (SSSR count). The first-order valence-electron chi connectivity index (χ1n) is 9.86. The normalized spacial score (nSPS) is 23.1. The van der Waals surface area contributed by atoms with Crippen LogP contribution in [0.1, 0.15) is 52.8 Å². The highest BCUT2D eigenvalue weighted by Crippen LogP contribution is 2.50. The molecule has 1 aromatic rings. The first kappa shape index (κ1) is 23.7. The molecule has 0 radical (unpaired) electrons. The third-order valence-corrected chi connectivity index (χ3v) is 6.79. The molecule has 29 heavy (non-hydrogen) atoms. The zero-order valence-electron chi connectivity index (χ0n) is 17.9. The predicted octanol–water partition coefficient (Wildman–Crippen LogP) is 2.67. The van der Waals surface area contributed by atoms with Gasteiger partial charge in [-0.2, -0.15) is 5.26 Å². The summed E-state index contributed by atoms with van der Waals surface area (Å²) in [4.78, 5) is 26.4. The van der Waals surface area contributed by atoms with E-state index in [1.807, 2.05) is 6.92 Å². The molecule has 4 atom stereocenters. The van der Waals surface area contributed by atoms with Gasteiger partial charge in [0.05, 0.1) is 25.7 Å². The van der Waals surface area contributed by atoms with Gasteiger partial charge in [-0.25, -0.2) is 9.46 Å². The monoisotopic (exact) mass is 426 g/mol. The first-order valence-corrected chi connectivity index (χ1v) is 11.0. The summed E-state index contributed by atoms with van der Waals surface area (Å²) in [6.45, 7) is 12.6. The van der Waals surface area contributed by atoms with Crippen LogP contribution in [0.5, 0.6) is 0 Å². The Labute approximate surface area is 172 Å². The molecular formula is C19H31N4O5P. The third kappa shape index (κ3) is 5.74. The number of aromatic nitrogens is 2. The Morgan fingerprint density at radius 1 is 1.38 bits per heavy atom. The van der Waals surface area contributed by atoms with Crippen LogP contribution in [0.2, 0.25) is 0 Å². The highest BCUT2D eigenvalue weighted by molar-refractivity contribution is 7.44. The zero-order valence-corrected chi connectivity index (χ0v) is 18.8. The number of ether oxygens (including phenoxy) is 1. The Morgan fingerprint density at radius 3 is 2.62 bits per heavy atom. The van der Waals surface area contributed by atoms with Crippen molar-refractivity contribution in [2.24, 2.45) is 5.92 Å². The van der Waals surface area contributed by atoms with E-state index in [2.05, 4.69) is 43.4 Å². The number of rotatable bonds is 9. The Hall–Kier alpha value is -1.56. The smallest absolute Gasteiger partial charge is 0.330 e. The predicted molar refractivity (Wildman–Crippen MR) is 110 cm³/mol. The van der Waals surface area contributed by atoms with E-state index in [-0.39, 0.29) is 31.0 Å². The summed E-state index contributed by atoms with van der Waals surface area (Å²) in [5, 5.41) is 8.87. The number of nitrogens with one attached hydrogen (secondary N) is 1. The Kier molecular flexibility index (Phi) is 8.56. The SMILES string of the molecule is Cc1cn([C@@H]2OCC(C)[C@@H]2OP(OCCC#N)N(C(C)C)C(C)C)c(=O)[nH]c1=O. The summed E-state index contributed by atoms with van der Waals surface area (Å²) in [5.41, 5.74) is -0.528. The second kappa shape index (κ2) is 10.5. The molecule has 10 heteroatoms. The van der Waals surface area contributed by atoms with Crippen LogP contribution in [0.25, 0.3) is 0 Å². The third-order valence-electron chi connectivity index (χ3n) is 4.67. The maximum Gasteiger partial charge on any atom is 0.330 e. The minimum Gasteiger partial charge on any atom is -0.355 e. The lowest BCUT2D eigenvalue weighted by molar-refractivity contribution is -0.00998. The molecule has 9 nitrogen and oxygen atoms in total. The lowest BCUT2D eigenvalue weighted by atomic mass is 10.1. The first-order chi connectivity index (χ1) is 13.7. The van der Waals surface area contributed by atoms with Crippen molar-refractivity contribution in [3.8, 4) is 6.07 Å². The van der Waals surface area contributed by atoms with Gasteiger partial charge in [0, 0.05) is 29.8 Å². The number of hydrogen-bond acceptors (Lipinski definition) is 7. The number of hydrogen-bond donors (Lipinski definition) is 1. The number of aromatic amines is 1. The molecule has 2 heterocycles. The fraction of sp³-hybridized carbons (Fsp3) is 0.737. The molecule has 1 N–H and O–H groups in total. The molecule has 1 aliphatic rings. The van der Waals surface area contributed by atoms with Gasteiger partial charge in [0.25, 0.3) is 14.1 Å². The fourth-order valence-corrected chi connectivity index (χ4v) is 5.11. The van der Waals surface area contributed by atoms with Crippen LogP contribution < -0.4 is 11.2 Å². The lowest BCUT2D eigenvalue weighted by Crippen LogP contribution is -2.39. The van der Waals surface area contributed by atoms with Gasteiger partial charge in [0.2, 0.25) is 0 Å². The minimum absolute atomic E-state index is 0.0184. The highest BCUT2D eigenvalue weighted by atomic mass is 31.2. The van der Waals surface area contributed by atoms with Crippen molar-refractivity contribution in [3.05, 3.63) is 32.6 Å². The van der Waals surface area contributed by atoms with Crippen LogP contribution in [0.15, 0.2) is 15.8 Å². The molecule has 1 fully saturated rings. The number of nitriles is 1. The molecule has 0 saturated carbocycles. The van der Waals surface area contributed by atoms with E-state index in [4.69, 9.17) is 19.0 Å². The van der Waals surface area contributed by atoms with Crippen molar-refractivity contribution < 1.29 is 13.8 Å². The number of H-pyrrole nitrogens is 1. The van der Waals surface area contributed by atoms with Gasteiger partial charge in [-0.15, -0.1) is 0 Å². The highest BCUT2D eigenvalue weighted by Gasteiger charge is 2.41. The maximum atomic E-state index is 12.4. The van der Waals surface area contributed by atoms with Crippen LogP contribution in [0.4, 0.5) is 0 Å². The summed E-state index contributed by atoms with van der Waals surface area (Å²) >= 11 is 0. The summed E-state index contributed by atoms with van der Waals surface area (Å²) < 4.78 is 21.8. The summed E-state index contributed by atoms with van der Waals surface area (Å²) in [6, 6.07) is 2.41. The molecule has 1 aromatic heterocycles. The quantitative estimate of drug-likeness (QED) is 0.477. The molecule has 0 amide bonds. The fourth-order valence-electron chi connectivity index (χ4n) is 3.29. The van der Waals surface area contributed by atoms with Gasteiger partial charge < -0.3 is 13.8 Å². The minimum atomic E-state index is -1.48. The van der Waals surface area contributed by atoms with Crippen LogP contribution in [0.3, 0.4) is 0 Å². The van der Waals surface area contributed by atoms with Gasteiger partial charge >= 0.3 is 5.69 Å². The van der Waals surface area contributed by atoms with E-state index in [0.717, 1.165) is 0 Å². The van der Waals surface area contributed by atoms with E-state index in [1.54, 1.807) is 6.92 Å². The van der Waals surface area contributed by atoms with Crippen molar-refractivity contribution in [1.29, 1.82) is 5.26 Å². The Bertz CT molecular complexity index is 823. The van der Waals surface area contributed by atoms with Crippen molar-refractivity contribution in [3.63, 3.8) is 0 Å². The van der Waals surface area contributed by atoms with Crippen LogP contribution in [-0.2, 0) is 13.8 Å². The van der Waals surface area contributed by atoms with E-state index < -0.39 is 32.1 Å². The maximum absolute atomic E-state index is 12.4. The van der Waals surface area contributed by atoms with E-state index >= 15 is 0 Å². The number of nitrogens with zero attached hydrogens (tertiary/aromatic N) is 3. The van der Waals surface area contributed by atoms with Crippen molar-refractivity contribution in [2.75, 3.05) is 13.2 Å². The molecule has 1 aliphatic heterocycles. The average Bonchev–Trinajstić information content (AvgIpc) is 2.98. The molecule has 1 saturated heterocycles. The van der Waals surface area contributed by atoms with E-state index in [0.29, 0.717) is 12.2 Å². The molecule has 0 aliphatic carbocycles. The zero-order chi connectivity index (χ0) is 21.7. The second-order valence-electron chi connectivity index (χ2n) is 7.80. The molecule has 162 valence electrons. The summed E-state index contributed by atoms with van der Waals surface area (Å²) in [7, 11) is -1.48. The Balaban J connectivity index is 2.33. The molecule has 0 spiro atoms. The second-order valence-corrected chi connectivity index (χ2v) is 9.20. The Morgan fingerprint density at radius 2 is 2.03 bits per heavy atom. The van der Waals surface area contributed by atoms with Crippen LogP contribution in [-0.4, -0.2) is 45.6 Å². The van der Waals surface area contributed by atoms with E-state index in [1.165, 1.54) is 10.8 Å². The van der Waals surface area contributed by atoms with Crippen molar-refractivity contribution in [1.82, 2.24) is 14.2 Å². The molecule has 0 aromatic carbocycles. The molecule has 0 bridgehead atoms. The van der Waals surface area contributed by atoms with Crippen molar-refractivity contribution in [2.45, 2.75) is 72.4 Å². The van der Waals surface area contributed by atoms with E-state index in [9.17, 15) is 9.59 Å². The largest absolute Gasteiger partial charge is 0.355 e. The summed E-state index contributed by atoms with van der Waals surface area (Å²) in [6.07, 6.45) is 0.664. The molecular weight excluding hydrogens is 395 g/mol. The van der Waals surface area contributed by atoms with Gasteiger partial charge in [0.15, 0.2) is 6.23 Å². The van der Waals surface area contributed by atoms with Gasteiger partial charge in [-0.3, -0.25) is 14.3 Å². The average molecular weight is 426 g/mol.